The Bertz CT molecular complexity index is 805. The first-order valence-electron chi connectivity index (χ1n) is 5.77. The van der Waals surface area contributed by atoms with E-state index >= 15 is 0 Å². The van der Waals surface area contributed by atoms with Crippen LogP contribution in [-0.2, 0) is 16.6 Å². The highest BCUT2D eigenvalue weighted by Gasteiger charge is 2.40. The Kier molecular flexibility index (Phi) is 2.99. The molecular weight excluding hydrogens is 300 g/mol. The van der Waals surface area contributed by atoms with Gasteiger partial charge in [-0.05, 0) is 18.2 Å². The van der Waals surface area contributed by atoms with Gasteiger partial charge in [-0.1, -0.05) is 29.8 Å². The maximum atomic E-state index is 12.4. The summed E-state index contributed by atoms with van der Waals surface area (Å²) in [7, 11) is -3.81. The molecule has 2 heterocycles. The Morgan fingerprint density at radius 2 is 1.90 bits per heavy atom. The van der Waals surface area contributed by atoms with Crippen LogP contribution in [0.25, 0.3) is 0 Å². The maximum Gasteiger partial charge on any atom is 0.269 e. The normalized spacial score (nSPS) is 16.2. The van der Waals surface area contributed by atoms with Crippen LogP contribution >= 0.6 is 11.6 Å². The SMILES string of the molecule is O=C1c2ccccc2S(=O)(=O)N1Cc1cccnc1Cl. The molecule has 2 aromatic rings. The van der Waals surface area contributed by atoms with Crippen molar-refractivity contribution in [2.24, 2.45) is 0 Å². The number of hydrogen-bond donors (Lipinski definition) is 0. The van der Waals surface area contributed by atoms with E-state index in [-0.39, 0.29) is 22.2 Å². The number of rotatable bonds is 2. The standard InChI is InChI=1S/C13H9ClN2O3S/c14-12-9(4-3-7-15-12)8-16-13(17)10-5-1-2-6-11(10)20(16,18)19/h1-7H,8H2. The molecule has 0 fully saturated rings. The van der Waals surface area contributed by atoms with Gasteiger partial charge in [0, 0.05) is 11.8 Å². The number of carbonyl (C=O) groups excluding carboxylic acids is 1. The van der Waals surface area contributed by atoms with Crippen molar-refractivity contribution in [3.8, 4) is 0 Å². The third kappa shape index (κ3) is 1.88. The molecule has 0 atom stereocenters. The largest absolute Gasteiger partial charge is 0.269 e. The first-order chi connectivity index (χ1) is 9.51. The molecule has 0 bridgehead atoms. The number of amides is 1. The second-order valence-electron chi connectivity index (χ2n) is 4.27. The predicted octanol–water partition coefficient (Wildman–Crippen LogP) is 2.08. The lowest BCUT2D eigenvalue weighted by Crippen LogP contribution is -2.29. The molecular formula is C13H9ClN2O3S. The van der Waals surface area contributed by atoms with E-state index in [1.807, 2.05) is 0 Å². The first-order valence-corrected chi connectivity index (χ1v) is 7.59. The van der Waals surface area contributed by atoms with Crippen LogP contribution in [0.5, 0.6) is 0 Å². The number of pyridine rings is 1. The summed E-state index contributed by atoms with van der Waals surface area (Å²) < 4.78 is 25.5. The third-order valence-electron chi connectivity index (χ3n) is 3.06. The highest BCUT2D eigenvalue weighted by molar-refractivity contribution is 7.90. The quantitative estimate of drug-likeness (QED) is 0.797. The van der Waals surface area contributed by atoms with Gasteiger partial charge in [-0.15, -0.1) is 0 Å². The second-order valence-corrected chi connectivity index (χ2v) is 6.46. The van der Waals surface area contributed by atoms with Gasteiger partial charge in [0.15, 0.2) is 0 Å². The average molecular weight is 309 g/mol. The highest BCUT2D eigenvalue weighted by atomic mass is 35.5. The van der Waals surface area contributed by atoms with Crippen molar-refractivity contribution in [1.82, 2.24) is 9.29 Å². The van der Waals surface area contributed by atoms with E-state index in [1.54, 1.807) is 24.3 Å². The van der Waals surface area contributed by atoms with Crippen LogP contribution in [0, 0.1) is 0 Å². The number of carbonyl (C=O) groups is 1. The summed E-state index contributed by atoms with van der Waals surface area (Å²) >= 11 is 5.91. The van der Waals surface area contributed by atoms with Crippen LogP contribution in [0.1, 0.15) is 15.9 Å². The zero-order chi connectivity index (χ0) is 14.3. The van der Waals surface area contributed by atoms with Gasteiger partial charge < -0.3 is 0 Å². The van der Waals surface area contributed by atoms with Gasteiger partial charge in [0.1, 0.15) is 10.0 Å². The van der Waals surface area contributed by atoms with Crippen molar-refractivity contribution < 1.29 is 13.2 Å². The molecule has 0 saturated carbocycles. The number of aromatic nitrogens is 1. The summed E-state index contributed by atoms with van der Waals surface area (Å²) in [5.41, 5.74) is 0.673. The molecule has 0 spiro atoms. The molecule has 0 unspecified atom stereocenters. The summed E-state index contributed by atoms with van der Waals surface area (Å²) in [5, 5.41) is 0.187. The van der Waals surface area contributed by atoms with E-state index in [1.165, 1.54) is 18.3 Å². The fraction of sp³-hybridized carbons (Fsp3) is 0.0769. The molecule has 0 N–H and O–H groups in total. The molecule has 102 valence electrons. The Hall–Kier alpha value is -1.92. The third-order valence-corrected chi connectivity index (χ3v) is 5.19. The maximum absolute atomic E-state index is 12.4. The molecule has 1 aromatic carbocycles. The highest BCUT2D eigenvalue weighted by Crippen LogP contribution is 2.31. The van der Waals surface area contributed by atoms with Crippen LogP contribution in [-0.4, -0.2) is 23.6 Å². The van der Waals surface area contributed by atoms with Crippen LogP contribution in [0.15, 0.2) is 47.5 Å². The molecule has 7 heteroatoms. The van der Waals surface area contributed by atoms with Crippen LogP contribution in [0.3, 0.4) is 0 Å². The van der Waals surface area contributed by atoms with Crippen LogP contribution < -0.4 is 0 Å². The number of hydrogen-bond acceptors (Lipinski definition) is 4. The number of nitrogens with zero attached hydrogens (tertiary/aromatic N) is 2. The molecule has 3 rings (SSSR count). The van der Waals surface area contributed by atoms with Crippen molar-refractivity contribution >= 4 is 27.5 Å². The molecule has 5 nitrogen and oxygen atoms in total. The van der Waals surface area contributed by atoms with Gasteiger partial charge in [-0.2, -0.15) is 0 Å². The lowest BCUT2D eigenvalue weighted by molar-refractivity contribution is 0.0865. The zero-order valence-electron chi connectivity index (χ0n) is 10.2. The minimum Gasteiger partial charge on any atom is -0.268 e. The molecule has 1 aliphatic rings. The van der Waals surface area contributed by atoms with E-state index < -0.39 is 15.9 Å². The second kappa shape index (κ2) is 4.57. The predicted molar refractivity (Wildman–Crippen MR) is 72.7 cm³/mol. The molecule has 1 aliphatic heterocycles. The van der Waals surface area contributed by atoms with Gasteiger partial charge in [-0.3, -0.25) is 4.79 Å². The van der Waals surface area contributed by atoms with Gasteiger partial charge in [0.25, 0.3) is 15.9 Å². The lowest BCUT2D eigenvalue weighted by Gasteiger charge is -2.15. The molecule has 1 aromatic heterocycles. The summed E-state index contributed by atoms with van der Waals surface area (Å²) in [5.74, 6) is -0.541. The van der Waals surface area contributed by atoms with Crippen molar-refractivity contribution in [2.45, 2.75) is 11.4 Å². The van der Waals surface area contributed by atoms with Crippen LogP contribution in [0.4, 0.5) is 0 Å². The molecule has 0 radical (unpaired) electrons. The number of sulfonamides is 1. The summed E-state index contributed by atoms with van der Waals surface area (Å²) in [6.45, 7) is -0.123. The molecule has 20 heavy (non-hydrogen) atoms. The Labute approximate surface area is 120 Å². The summed E-state index contributed by atoms with van der Waals surface area (Å²) in [6.07, 6.45) is 1.50. The van der Waals surface area contributed by atoms with E-state index in [0.29, 0.717) is 5.56 Å². The van der Waals surface area contributed by atoms with Gasteiger partial charge in [0.2, 0.25) is 0 Å². The Balaban J connectivity index is 2.05. The average Bonchev–Trinajstić information content (AvgIpc) is 2.63. The smallest absolute Gasteiger partial charge is 0.268 e. The van der Waals surface area contributed by atoms with Gasteiger partial charge in [-0.25, -0.2) is 17.7 Å². The van der Waals surface area contributed by atoms with E-state index in [9.17, 15) is 13.2 Å². The van der Waals surface area contributed by atoms with Crippen LogP contribution in [0.2, 0.25) is 5.15 Å². The monoisotopic (exact) mass is 308 g/mol. The van der Waals surface area contributed by atoms with E-state index in [0.717, 1.165) is 4.31 Å². The summed E-state index contributed by atoms with van der Waals surface area (Å²) in [6, 6.07) is 9.42. The van der Waals surface area contributed by atoms with Crippen molar-refractivity contribution in [2.75, 3.05) is 0 Å². The Morgan fingerprint density at radius 3 is 2.60 bits per heavy atom. The molecule has 0 aliphatic carbocycles. The van der Waals surface area contributed by atoms with E-state index in [2.05, 4.69) is 4.98 Å². The van der Waals surface area contributed by atoms with Gasteiger partial charge in [0.05, 0.1) is 12.1 Å². The number of fused-ring (bicyclic) bond motifs is 1. The first kappa shape index (κ1) is 13.1. The Morgan fingerprint density at radius 1 is 1.15 bits per heavy atom. The minimum absolute atomic E-state index is 0.0324. The summed E-state index contributed by atoms with van der Waals surface area (Å²) in [4.78, 5) is 16.1. The fourth-order valence-corrected chi connectivity index (χ4v) is 3.81. The number of halogens is 1. The minimum atomic E-state index is -3.81. The van der Waals surface area contributed by atoms with Crippen molar-refractivity contribution in [3.63, 3.8) is 0 Å². The van der Waals surface area contributed by atoms with E-state index in [4.69, 9.17) is 11.6 Å². The van der Waals surface area contributed by atoms with Crippen molar-refractivity contribution in [3.05, 3.63) is 58.9 Å². The molecule has 0 saturated heterocycles. The number of benzene rings is 1. The zero-order valence-corrected chi connectivity index (χ0v) is 11.7. The van der Waals surface area contributed by atoms with Gasteiger partial charge >= 0.3 is 0 Å². The van der Waals surface area contributed by atoms with Crippen molar-refractivity contribution in [1.29, 1.82) is 0 Å². The topological polar surface area (TPSA) is 67.3 Å². The molecule has 1 amide bonds. The fourth-order valence-electron chi connectivity index (χ4n) is 2.08. The lowest BCUT2D eigenvalue weighted by atomic mass is 10.2.